The van der Waals surface area contributed by atoms with Gasteiger partial charge in [0.05, 0.1) is 0 Å². The molecule has 0 atom stereocenters. The summed E-state index contributed by atoms with van der Waals surface area (Å²) in [6.07, 6.45) is 0. The van der Waals surface area contributed by atoms with Crippen molar-refractivity contribution in [2.24, 2.45) is 0 Å². The van der Waals surface area contributed by atoms with Gasteiger partial charge in [-0.15, -0.1) is 4.98 Å². The fourth-order valence-corrected chi connectivity index (χ4v) is 1.34. The van der Waals surface area contributed by atoms with Crippen molar-refractivity contribution in [1.29, 1.82) is 0 Å². The average molecular weight is 215 g/mol. The van der Waals surface area contributed by atoms with E-state index in [-0.39, 0.29) is 17.1 Å². The molecule has 0 aliphatic rings. The molecule has 0 radical (unpaired) electrons. The van der Waals surface area contributed by atoms with E-state index >= 15 is 0 Å². The van der Waals surface area contributed by atoms with Crippen molar-refractivity contribution >= 4 is 5.82 Å². The van der Waals surface area contributed by atoms with Gasteiger partial charge in [-0.05, 0) is 42.7 Å². The van der Waals surface area contributed by atoms with Crippen LogP contribution in [0.25, 0.3) is 16.1 Å². The molecule has 78 valence electrons. The molecule has 2 rings (SSSR count). The first-order valence-electron chi connectivity index (χ1n) is 6.07. The summed E-state index contributed by atoms with van der Waals surface area (Å²) >= 11 is 0. The average Bonchev–Trinajstić information content (AvgIpc) is 2.38. The van der Waals surface area contributed by atoms with Crippen LogP contribution in [-0.2, 0) is 0 Å². The second-order valence-electron chi connectivity index (χ2n) is 3.18. The molecule has 0 unspecified atom stereocenters. The largest absolute Gasteiger partial charge is 0.361 e. The summed E-state index contributed by atoms with van der Waals surface area (Å²) in [6.45, 7) is 4.59. The first kappa shape index (κ1) is 7.13. The normalized spacial score (nSPS) is 13.4. The molecule has 0 aliphatic heterocycles. The third kappa shape index (κ3) is 1.91. The Morgan fingerprint density at radius 2 is 2.00 bits per heavy atom. The van der Waals surface area contributed by atoms with Crippen LogP contribution in [0.5, 0.6) is 0 Å². The van der Waals surface area contributed by atoms with E-state index < -0.39 is 12.7 Å². The number of halogens is 1. The van der Waals surface area contributed by atoms with Gasteiger partial charge in [0.15, 0.2) is 5.69 Å². The Balaban J connectivity index is 2.66. The Morgan fingerprint density at radius 1 is 1.25 bits per heavy atom. The van der Waals surface area contributed by atoms with Crippen molar-refractivity contribution in [3.8, 4) is 11.3 Å². The summed E-state index contributed by atoms with van der Waals surface area (Å²) in [6, 6.07) is 8.07. The standard InChI is InChI=1S/C13H9FN2/c1-9-3-8-12(15-2)16-13(9)10-4-6-11(14)7-5-10/h3-8H,1H3/i1D3. The van der Waals surface area contributed by atoms with E-state index in [0.29, 0.717) is 5.56 Å². The van der Waals surface area contributed by atoms with Crippen LogP contribution in [0.1, 0.15) is 9.68 Å². The van der Waals surface area contributed by atoms with Gasteiger partial charge in [-0.2, -0.15) is 0 Å². The van der Waals surface area contributed by atoms with E-state index in [9.17, 15) is 4.39 Å². The van der Waals surface area contributed by atoms with Gasteiger partial charge in [0, 0.05) is 9.68 Å². The number of nitrogens with zero attached hydrogens (tertiary/aromatic N) is 2. The third-order valence-electron chi connectivity index (χ3n) is 2.11. The zero-order valence-corrected chi connectivity index (χ0v) is 8.24. The molecule has 0 saturated heterocycles. The number of pyridine rings is 1. The van der Waals surface area contributed by atoms with Crippen LogP contribution in [0.3, 0.4) is 0 Å². The van der Waals surface area contributed by atoms with Gasteiger partial charge in [0.25, 0.3) is 5.82 Å². The lowest BCUT2D eigenvalue weighted by Crippen LogP contribution is -1.88. The molecular formula is C13H9FN2. The summed E-state index contributed by atoms with van der Waals surface area (Å²) in [7, 11) is 0. The number of hydrogen-bond donors (Lipinski definition) is 0. The Hall–Kier alpha value is -2.21. The molecule has 0 amide bonds. The molecule has 16 heavy (non-hydrogen) atoms. The first-order chi connectivity index (χ1) is 8.91. The highest BCUT2D eigenvalue weighted by Gasteiger charge is 2.08. The lowest BCUT2D eigenvalue weighted by Gasteiger charge is -2.01. The maximum absolute atomic E-state index is 12.9. The topological polar surface area (TPSA) is 17.2 Å². The molecule has 0 N–H and O–H groups in total. The van der Waals surface area contributed by atoms with Gasteiger partial charge in [-0.25, -0.2) is 4.39 Å². The van der Waals surface area contributed by atoms with Gasteiger partial charge in [0.2, 0.25) is 0 Å². The van der Waals surface area contributed by atoms with Crippen molar-refractivity contribution in [2.75, 3.05) is 0 Å². The van der Waals surface area contributed by atoms with E-state index in [0.717, 1.165) is 0 Å². The fourth-order valence-electron chi connectivity index (χ4n) is 1.34. The molecule has 0 fully saturated rings. The Morgan fingerprint density at radius 3 is 2.62 bits per heavy atom. The summed E-state index contributed by atoms with van der Waals surface area (Å²) in [5.74, 6) is -0.312. The lowest BCUT2D eigenvalue weighted by molar-refractivity contribution is 0.628. The van der Waals surface area contributed by atoms with Crippen LogP contribution >= 0.6 is 0 Å². The van der Waals surface area contributed by atoms with Crippen LogP contribution in [0.15, 0.2) is 36.4 Å². The highest BCUT2D eigenvalue weighted by Crippen LogP contribution is 2.24. The Labute approximate surface area is 97.4 Å². The SMILES string of the molecule is [2H]C([2H])([2H])c1ccc([N+]#[C-])nc1-c1ccc(F)cc1. The highest BCUT2D eigenvalue weighted by atomic mass is 19.1. The number of hydrogen-bond acceptors (Lipinski definition) is 1. The number of rotatable bonds is 1. The molecule has 2 aromatic rings. The van der Waals surface area contributed by atoms with Gasteiger partial charge in [-0.3, -0.25) is 0 Å². The molecule has 0 spiro atoms. The maximum atomic E-state index is 12.9. The second kappa shape index (κ2) is 4.11. The van der Waals surface area contributed by atoms with Crippen LogP contribution in [0, 0.1) is 19.2 Å². The minimum atomic E-state index is -2.34. The highest BCUT2D eigenvalue weighted by molar-refractivity contribution is 5.65. The lowest BCUT2D eigenvalue weighted by atomic mass is 10.1. The first-order valence-corrected chi connectivity index (χ1v) is 4.57. The third-order valence-corrected chi connectivity index (χ3v) is 2.11. The summed E-state index contributed by atoms with van der Waals surface area (Å²) < 4.78 is 35.3. The quantitative estimate of drug-likeness (QED) is 0.662. The Bertz CT molecular complexity index is 642. The van der Waals surface area contributed by atoms with E-state index in [1.165, 1.54) is 36.4 Å². The minimum Gasteiger partial charge on any atom is -0.361 e. The summed E-state index contributed by atoms with van der Waals surface area (Å²) in [4.78, 5) is 7.20. The van der Waals surface area contributed by atoms with Crippen LogP contribution in [0.2, 0.25) is 0 Å². The summed E-state index contributed by atoms with van der Waals surface area (Å²) in [5, 5.41) is 0. The van der Waals surface area contributed by atoms with Crippen LogP contribution < -0.4 is 0 Å². The number of aromatic nitrogens is 1. The zero-order chi connectivity index (χ0) is 14.0. The predicted octanol–water partition coefficient (Wildman–Crippen LogP) is 3.75. The maximum Gasteiger partial charge on any atom is 0.270 e. The molecule has 0 saturated carbocycles. The van der Waals surface area contributed by atoms with Crippen molar-refractivity contribution < 1.29 is 8.50 Å². The van der Waals surface area contributed by atoms with Crippen LogP contribution in [-0.4, -0.2) is 4.98 Å². The van der Waals surface area contributed by atoms with E-state index in [1.54, 1.807) is 0 Å². The molecule has 3 heteroatoms. The summed E-state index contributed by atoms with van der Waals surface area (Å²) in [5.41, 5.74) is 0.707. The smallest absolute Gasteiger partial charge is 0.270 e. The molecule has 0 bridgehead atoms. The van der Waals surface area contributed by atoms with Crippen molar-refractivity contribution in [3.05, 3.63) is 59.2 Å². The van der Waals surface area contributed by atoms with E-state index in [4.69, 9.17) is 10.7 Å². The second-order valence-corrected chi connectivity index (χ2v) is 3.18. The van der Waals surface area contributed by atoms with Gasteiger partial charge in [0.1, 0.15) is 5.82 Å². The monoisotopic (exact) mass is 215 g/mol. The molecule has 2 nitrogen and oxygen atoms in total. The van der Waals surface area contributed by atoms with Crippen molar-refractivity contribution in [2.45, 2.75) is 6.85 Å². The van der Waals surface area contributed by atoms with E-state index in [2.05, 4.69) is 9.83 Å². The van der Waals surface area contributed by atoms with Gasteiger partial charge < -0.3 is 4.85 Å². The van der Waals surface area contributed by atoms with Crippen molar-refractivity contribution in [3.63, 3.8) is 0 Å². The zero-order valence-electron chi connectivity index (χ0n) is 11.2. The fraction of sp³-hybridized carbons (Fsp3) is 0.0769. The molecule has 1 aromatic heterocycles. The molecular weight excluding hydrogens is 203 g/mol. The number of benzene rings is 1. The minimum absolute atomic E-state index is 0.0477. The molecule has 1 aromatic carbocycles. The molecule has 1 heterocycles. The van der Waals surface area contributed by atoms with Crippen LogP contribution in [0.4, 0.5) is 10.2 Å². The van der Waals surface area contributed by atoms with Crippen molar-refractivity contribution in [1.82, 2.24) is 4.98 Å². The van der Waals surface area contributed by atoms with Gasteiger partial charge >= 0.3 is 0 Å². The molecule has 0 aliphatic carbocycles. The predicted molar refractivity (Wildman–Crippen MR) is 60.6 cm³/mol. The van der Waals surface area contributed by atoms with E-state index in [1.807, 2.05) is 0 Å². The van der Waals surface area contributed by atoms with Gasteiger partial charge in [-0.1, -0.05) is 12.6 Å². The number of aryl methyl sites for hydroxylation is 1. The Kier molecular flexibility index (Phi) is 1.83.